The van der Waals surface area contributed by atoms with Crippen molar-refractivity contribution in [2.75, 3.05) is 7.11 Å². The van der Waals surface area contributed by atoms with Crippen molar-refractivity contribution in [2.45, 2.75) is 6.61 Å². The lowest BCUT2D eigenvalue weighted by Gasteiger charge is -2.14. The van der Waals surface area contributed by atoms with Crippen LogP contribution in [0.25, 0.3) is 6.08 Å². The first-order valence-electron chi connectivity index (χ1n) is 8.85. The number of nitrogens with zero attached hydrogens (tertiary/aromatic N) is 1. The number of hydrogen-bond donors (Lipinski definition) is 0. The van der Waals surface area contributed by atoms with Gasteiger partial charge in [-0.1, -0.05) is 35.9 Å². The van der Waals surface area contributed by atoms with Gasteiger partial charge in [0.1, 0.15) is 6.61 Å². The zero-order chi connectivity index (χ0) is 21.1. The number of methoxy groups -OCH3 is 1. The molecule has 30 heavy (non-hydrogen) atoms. The third-order valence-corrected chi connectivity index (χ3v) is 6.05. The number of cyclic esters (lactones) is 1. The fourth-order valence-corrected chi connectivity index (χ4v) is 4.21. The Bertz CT molecular complexity index is 1160. The minimum atomic E-state index is -0.493. The number of carbonyl (C=O) groups excluding carboxylic acids is 1. The predicted molar refractivity (Wildman–Crippen MR) is 121 cm³/mol. The topological polar surface area (TPSA) is 57.1 Å². The molecule has 0 unspecified atom stereocenters. The average Bonchev–Trinajstić information content (AvgIpc) is 3.38. The van der Waals surface area contributed by atoms with Crippen molar-refractivity contribution < 1.29 is 19.0 Å². The van der Waals surface area contributed by atoms with E-state index in [1.54, 1.807) is 19.3 Å². The summed E-state index contributed by atoms with van der Waals surface area (Å²) in [7, 11) is 1.55. The molecule has 3 aromatic rings. The zero-order valence-corrected chi connectivity index (χ0v) is 18.9. The maximum Gasteiger partial charge on any atom is 0.363 e. The van der Waals surface area contributed by atoms with Crippen LogP contribution in [-0.2, 0) is 16.1 Å². The average molecular weight is 505 g/mol. The molecule has 0 radical (unpaired) electrons. The number of esters is 1. The first kappa shape index (κ1) is 20.7. The van der Waals surface area contributed by atoms with Crippen LogP contribution in [0.3, 0.4) is 0 Å². The molecule has 0 aliphatic carbocycles. The highest BCUT2D eigenvalue weighted by Gasteiger charge is 2.25. The van der Waals surface area contributed by atoms with Crippen LogP contribution >= 0.6 is 38.9 Å². The number of rotatable bonds is 6. The summed E-state index contributed by atoms with van der Waals surface area (Å²) in [6, 6.07) is 14.8. The van der Waals surface area contributed by atoms with Gasteiger partial charge in [0, 0.05) is 10.6 Å². The third-order valence-electron chi connectivity index (χ3n) is 4.24. The largest absolute Gasteiger partial charge is 0.493 e. The van der Waals surface area contributed by atoms with Gasteiger partial charge in [-0.2, -0.15) is 0 Å². The normalized spacial score (nSPS) is 14.6. The molecule has 0 amide bonds. The highest BCUT2D eigenvalue weighted by molar-refractivity contribution is 9.10. The second-order valence-corrected chi connectivity index (χ2v) is 8.44. The Morgan fingerprint density at radius 3 is 2.80 bits per heavy atom. The lowest BCUT2D eigenvalue weighted by molar-refractivity contribution is -0.129. The van der Waals surface area contributed by atoms with Crippen molar-refractivity contribution in [1.82, 2.24) is 0 Å². The Balaban J connectivity index is 1.60. The van der Waals surface area contributed by atoms with Crippen LogP contribution in [0.1, 0.15) is 16.0 Å². The molecule has 0 fully saturated rings. The van der Waals surface area contributed by atoms with Gasteiger partial charge in [-0.25, -0.2) is 9.79 Å². The van der Waals surface area contributed by atoms with Gasteiger partial charge in [-0.15, -0.1) is 11.3 Å². The van der Waals surface area contributed by atoms with Crippen LogP contribution in [0, 0.1) is 0 Å². The van der Waals surface area contributed by atoms with Crippen molar-refractivity contribution >= 4 is 56.8 Å². The Labute approximate surface area is 190 Å². The molecule has 152 valence electrons. The van der Waals surface area contributed by atoms with E-state index in [-0.39, 0.29) is 12.3 Å². The van der Waals surface area contributed by atoms with Crippen LogP contribution in [-0.4, -0.2) is 19.0 Å². The summed E-state index contributed by atoms with van der Waals surface area (Å²) >= 11 is 11.2. The summed E-state index contributed by atoms with van der Waals surface area (Å²) < 4.78 is 17.4. The minimum absolute atomic E-state index is 0.220. The quantitative estimate of drug-likeness (QED) is 0.301. The summed E-state index contributed by atoms with van der Waals surface area (Å²) in [4.78, 5) is 17.3. The number of halogens is 2. The number of benzene rings is 2. The highest BCUT2D eigenvalue weighted by atomic mass is 79.9. The minimum Gasteiger partial charge on any atom is -0.493 e. The molecule has 0 atom stereocenters. The molecule has 2 heterocycles. The van der Waals surface area contributed by atoms with Gasteiger partial charge in [-0.3, -0.25) is 0 Å². The van der Waals surface area contributed by atoms with E-state index in [0.29, 0.717) is 32.5 Å². The summed E-state index contributed by atoms with van der Waals surface area (Å²) in [6.07, 6.45) is 1.65. The smallest absolute Gasteiger partial charge is 0.363 e. The number of thiophene rings is 1. The van der Waals surface area contributed by atoms with Crippen molar-refractivity contribution in [3.05, 3.63) is 85.1 Å². The fourth-order valence-electron chi connectivity index (χ4n) is 2.80. The highest BCUT2D eigenvalue weighted by Crippen LogP contribution is 2.38. The molecule has 1 aliphatic heterocycles. The van der Waals surface area contributed by atoms with E-state index in [1.807, 2.05) is 47.8 Å². The monoisotopic (exact) mass is 503 g/mol. The second-order valence-electron chi connectivity index (χ2n) is 6.23. The van der Waals surface area contributed by atoms with E-state index >= 15 is 0 Å². The SMILES string of the molecule is COc1cc(/C=C2\N=C(c3cccs3)OC2=O)cc(Br)c1OCc1ccccc1Cl. The van der Waals surface area contributed by atoms with E-state index in [4.69, 9.17) is 25.8 Å². The molecule has 1 aliphatic rings. The molecule has 5 nitrogen and oxygen atoms in total. The van der Waals surface area contributed by atoms with Gasteiger partial charge in [0.2, 0.25) is 5.90 Å². The van der Waals surface area contributed by atoms with Gasteiger partial charge in [0.25, 0.3) is 0 Å². The first-order chi connectivity index (χ1) is 14.5. The standard InChI is InChI=1S/C22H15BrClNO4S/c1-27-18-11-13(10-17-22(26)29-21(25-17)19-7-4-8-30-19)9-15(23)20(18)28-12-14-5-2-3-6-16(14)24/h2-11H,12H2,1H3/b17-10-. The third kappa shape index (κ3) is 4.43. The van der Waals surface area contributed by atoms with Gasteiger partial charge in [0.05, 0.1) is 16.5 Å². The van der Waals surface area contributed by atoms with Gasteiger partial charge in [0.15, 0.2) is 17.2 Å². The van der Waals surface area contributed by atoms with Crippen molar-refractivity contribution in [2.24, 2.45) is 4.99 Å². The maximum absolute atomic E-state index is 12.2. The van der Waals surface area contributed by atoms with E-state index in [0.717, 1.165) is 10.4 Å². The zero-order valence-electron chi connectivity index (χ0n) is 15.7. The molecular formula is C22H15BrClNO4S. The Hall–Kier alpha value is -2.61. The molecule has 8 heteroatoms. The predicted octanol–water partition coefficient (Wildman–Crippen LogP) is 6.10. The summed E-state index contributed by atoms with van der Waals surface area (Å²) in [6.45, 7) is 0.288. The van der Waals surface area contributed by atoms with Crippen LogP contribution in [0.4, 0.5) is 0 Å². The summed E-state index contributed by atoms with van der Waals surface area (Å²) in [5.74, 6) is 0.868. The Morgan fingerprint density at radius 2 is 2.07 bits per heavy atom. The first-order valence-corrected chi connectivity index (χ1v) is 10.9. The molecule has 0 spiro atoms. The van der Waals surface area contributed by atoms with Gasteiger partial charge >= 0.3 is 5.97 Å². The maximum atomic E-state index is 12.2. The van der Waals surface area contributed by atoms with E-state index in [9.17, 15) is 4.79 Å². The summed E-state index contributed by atoms with van der Waals surface area (Å²) in [5.41, 5.74) is 1.80. The Kier molecular flexibility index (Phi) is 6.22. The number of ether oxygens (including phenoxy) is 3. The molecule has 4 rings (SSSR count). The number of aliphatic imine (C=N–C) groups is 1. The molecule has 0 N–H and O–H groups in total. The molecule has 0 bridgehead atoms. The van der Waals surface area contributed by atoms with E-state index in [2.05, 4.69) is 20.9 Å². The van der Waals surface area contributed by atoms with Crippen LogP contribution in [0.5, 0.6) is 11.5 Å². The molecule has 1 aromatic heterocycles. The van der Waals surface area contributed by atoms with Crippen molar-refractivity contribution in [3.63, 3.8) is 0 Å². The number of hydrogen-bond acceptors (Lipinski definition) is 6. The molecule has 0 saturated carbocycles. The lowest BCUT2D eigenvalue weighted by Crippen LogP contribution is -2.03. The second kappa shape index (κ2) is 9.04. The van der Waals surface area contributed by atoms with Crippen LogP contribution in [0.2, 0.25) is 5.02 Å². The number of carbonyl (C=O) groups is 1. The summed E-state index contributed by atoms with van der Waals surface area (Å²) in [5, 5.41) is 2.53. The fraction of sp³-hybridized carbons (Fsp3) is 0.0909. The molecular weight excluding hydrogens is 490 g/mol. The van der Waals surface area contributed by atoms with Gasteiger partial charge < -0.3 is 14.2 Å². The lowest BCUT2D eigenvalue weighted by atomic mass is 10.1. The van der Waals surface area contributed by atoms with Crippen LogP contribution in [0.15, 0.2) is 69.1 Å². The molecule has 0 saturated heterocycles. The van der Waals surface area contributed by atoms with E-state index in [1.165, 1.54) is 11.3 Å². The van der Waals surface area contributed by atoms with Crippen molar-refractivity contribution in [3.8, 4) is 11.5 Å². The molecule has 2 aromatic carbocycles. The van der Waals surface area contributed by atoms with E-state index < -0.39 is 5.97 Å². The Morgan fingerprint density at radius 1 is 1.23 bits per heavy atom. The van der Waals surface area contributed by atoms with Crippen molar-refractivity contribution in [1.29, 1.82) is 0 Å². The van der Waals surface area contributed by atoms with Crippen LogP contribution < -0.4 is 9.47 Å². The van der Waals surface area contributed by atoms with Gasteiger partial charge in [-0.05, 0) is 57.2 Å².